The molecule has 0 saturated heterocycles. The van der Waals surface area contributed by atoms with Crippen molar-refractivity contribution in [2.24, 2.45) is 0 Å². The molecule has 2 aromatic carbocycles. The van der Waals surface area contributed by atoms with Gasteiger partial charge in [0.1, 0.15) is 5.75 Å². The molecule has 5 nitrogen and oxygen atoms in total. The molecule has 114 valence electrons. The molecule has 2 rings (SSSR count). The van der Waals surface area contributed by atoms with E-state index >= 15 is 0 Å². The molecule has 0 unspecified atom stereocenters. The zero-order valence-corrected chi connectivity index (χ0v) is 12.9. The Kier molecular flexibility index (Phi) is 4.90. The number of halogens is 2. The fourth-order valence-electron chi connectivity index (χ4n) is 1.85. The number of nitrogens with one attached hydrogen (secondary N) is 1. The van der Waals surface area contributed by atoms with Crippen molar-refractivity contribution in [2.75, 3.05) is 12.4 Å². The number of aromatic carboxylic acids is 1. The maximum Gasteiger partial charge on any atom is 0.337 e. The van der Waals surface area contributed by atoms with Crippen molar-refractivity contribution in [1.82, 2.24) is 0 Å². The van der Waals surface area contributed by atoms with Gasteiger partial charge in [0.25, 0.3) is 5.91 Å². The molecular formula is C15H11Cl2NO4. The highest BCUT2D eigenvalue weighted by atomic mass is 35.5. The summed E-state index contributed by atoms with van der Waals surface area (Å²) in [5, 5.41) is 12.3. The van der Waals surface area contributed by atoms with E-state index in [0.29, 0.717) is 10.8 Å². The van der Waals surface area contributed by atoms with Gasteiger partial charge < -0.3 is 15.2 Å². The van der Waals surface area contributed by atoms with Crippen molar-refractivity contribution in [3.63, 3.8) is 0 Å². The molecule has 22 heavy (non-hydrogen) atoms. The molecule has 0 aliphatic rings. The number of hydrogen-bond donors (Lipinski definition) is 2. The number of carbonyl (C=O) groups excluding carboxylic acids is 1. The van der Waals surface area contributed by atoms with E-state index in [4.69, 9.17) is 33.0 Å². The molecule has 0 atom stereocenters. The Labute approximate surface area is 136 Å². The van der Waals surface area contributed by atoms with Crippen molar-refractivity contribution >= 4 is 40.8 Å². The van der Waals surface area contributed by atoms with Gasteiger partial charge in [-0.1, -0.05) is 23.2 Å². The summed E-state index contributed by atoms with van der Waals surface area (Å²) >= 11 is 11.6. The lowest BCUT2D eigenvalue weighted by Crippen LogP contribution is -2.15. The van der Waals surface area contributed by atoms with Crippen LogP contribution in [-0.2, 0) is 0 Å². The quantitative estimate of drug-likeness (QED) is 0.884. The second-order valence-electron chi connectivity index (χ2n) is 4.29. The first-order valence-electron chi connectivity index (χ1n) is 6.10. The molecule has 0 heterocycles. The Hall–Kier alpha value is -2.24. The Balaban J connectivity index is 2.38. The summed E-state index contributed by atoms with van der Waals surface area (Å²) < 4.78 is 5.10. The van der Waals surface area contributed by atoms with Gasteiger partial charge in [0.15, 0.2) is 0 Å². The van der Waals surface area contributed by atoms with Gasteiger partial charge in [0.05, 0.1) is 23.9 Å². The van der Waals surface area contributed by atoms with Gasteiger partial charge in [0.2, 0.25) is 0 Å². The molecule has 0 aliphatic heterocycles. The van der Waals surface area contributed by atoms with Gasteiger partial charge in [-0.05, 0) is 36.4 Å². The van der Waals surface area contributed by atoms with E-state index < -0.39 is 11.9 Å². The topological polar surface area (TPSA) is 75.6 Å². The molecule has 0 saturated carbocycles. The van der Waals surface area contributed by atoms with Crippen molar-refractivity contribution in [3.8, 4) is 5.75 Å². The standard InChI is InChI=1S/C15H11Cl2NO4/c1-22-13-5-3-9(17)7-11(13)14(19)18-12-4-2-8(16)6-10(12)15(20)21/h2-7H,1H3,(H,18,19)(H,20,21). The number of methoxy groups -OCH3 is 1. The second-order valence-corrected chi connectivity index (χ2v) is 5.17. The lowest BCUT2D eigenvalue weighted by molar-refractivity contribution is 0.0698. The first kappa shape index (κ1) is 16.1. The first-order chi connectivity index (χ1) is 10.4. The highest BCUT2D eigenvalue weighted by Gasteiger charge is 2.17. The van der Waals surface area contributed by atoms with E-state index in [1.807, 2.05) is 0 Å². The van der Waals surface area contributed by atoms with E-state index in [9.17, 15) is 9.59 Å². The van der Waals surface area contributed by atoms with Gasteiger partial charge in [-0.3, -0.25) is 4.79 Å². The zero-order chi connectivity index (χ0) is 16.3. The lowest BCUT2D eigenvalue weighted by atomic mass is 10.1. The summed E-state index contributed by atoms with van der Waals surface area (Å²) in [6.07, 6.45) is 0. The number of carbonyl (C=O) groups is 2. The molecule has 0 bridgehead atoms. The van der Waals surface area contributed by atoms with Gasteiger partial charge in [0, 0.05) is 10.0 Å². The van der Waals surface area contributed by atoms with Crippen LogP contribution in [0.1, 0.15) is 20.7 Å². The van der Waals surface area contributed by atoms with Crippen LogP contribution in [0.25, 0.3) is 0 Å². The third-order valence-electron chi connectivity index (χ3n) is 2.87. The van der Waals surface area contributed by atoms with Crippen LogP contribution in [0, 0.1) is 0 Å². The minimum Gasteiger partial charge on any atom is -0.496 e. The third-order valence-corrected chi connectivity index (χ3v) is 3.34. The Morgan fingerprint density at radius 3 is 2.23 bits per heavy atom. The number of hydrogen-bond acceptors (Lipinski definition) is 3. The number of anilines is 1. The maximum absolute atomic E-state index is 12.3. The summed E-state index contributed by atoms with van der Waals surface area (Å²) in [6, 6.07) is 8.74. The minimum absolute atomic E-state index is 0.109. The molecule has 2 aromatic rings. The molecule has 7 heteroatoms. The zero-order valence-electron chi connectivity index (χ0n) is 11.4. The highest BCUT2D eigenvalue weighted by molar-refractivity contribution is 6.31. The number of rotatable bonds is 4. The predicted molar refractivity (Wildman–Crippen MR) is 84.4 cm³/mol. The minimum atomic E-state index is -1.20. The largest absolute Gasteiger partial charge is 0.496 e. The van der Waals surface area contributed by atoms with E-state index in [-0.39, 0.29) is 21.8 Å². The lowest BCUT2D eigenvalue weighted by Gasteiger charge is -2.11. The van der Waals surface area contributed by atoms with Crippen LogP contribution in [0.15, 0.2) is 36.4 Å². The molecule has 0 spiro atoms. The Morgan fingerprint density at radius 1 is 1.05 bits per heavy atom. The molecule has 0 radical (unpaired) electrons. The average Bonchev–Trinajstić information content (AvgIpc) is 2.48. The smallest absolute Gasteiger partial charge is 0.337 e. The Morgan fingerprint density at radius 2 is 1.64 bits per heavy atom. The number of carboxylic acid groups (broad SMARTS) is 1. The SMILES string of the molecule is COc1ccc(Cl)cc1C(=O)Nc1ccc(Cl)cc1C(=O)O. The summed E-state index contributed by atoms with van der Waals surface area (Å²) in [7, 11) is 1.42. The van der Waals surface area contributed by atoms with E-state index in [1.165, 1.54) is 31.4 Å². The molecular weight excluding hydrogens is 329 g/mol. The average molecular weight is 340 g/mol. The van der Waals surface area contributed by atoms with Crippen LogP contribution in [-0.4, -0.2) is 24.1 Å². The molecule has 0 fully saturated rings. The molecule has 0 aliphatic carbocycles. The van der Waals surface area contributed by atoms with Gasteiger partial charge in [-0.2, -0.15) is 0 Å². The third kappa shape index (κ3) is 3.50. The van der Waals surface area contributed by atoms with Crippen LogP contribution in [0.2, 0.25) is 10.0 Å². The van der Waals surface area contributed by atoms with E-state index in [1.54, 1.807) is 12.1 Å². The van der Waals surface area contributed by atoms with Gasteiger partial charge in [-0.15, -0.1) is 0 Å². The van der Waals surface area contributed by atoms with Crippen molar-refractivity contribution < 1.29 is 19.4 Å². The maximum atomic E-state index is 12.3. The summed E-state index contributed by atoms with van der Waals surface area (Å²) in [6.45, 7) is 0. The number of carboxylic acids is 1. The highest BCUT2D eigenvalue weighted by Crippen LogP contribution is 2.26. The van der Waals surface area contributed by atoms with E-state index in [2.05, 4.69) is 5.32 Å². The summed E-state index contributed by atoms with van der Waals surface area (Å²) in [5.74, 6) is -1.41. The van der Waals surface area contributed by atoms with Crippen LogP contribution in [0.5, 0.6) is 5.75 Å². The monoisotopic (exact) mass is 339 g/mol. The van der Waals surface area contributed by atoms with Crippen LogP contribution in [0.3, 0.4) is 0 Å². The normalized spacial score (nSPS) is 10.1. The van der Waals surface area contributed by atoms with Crippen molar-refractivity contribution in [3.05, 3.63) is 57.6 Å². The van der Waals surface area contributed by atoms with E-state index in [0.717, 1.165) is 0 Å². The number of benzene rings is 2. The fraction of sp³-hybridized carbons (Fsp3) is 0.0667. The molecule has 2 N–H and O–H groups in total. The molecule has 0 aromatic heterocycles. The van der Waals surface area contributed by atoms with Crippen LogP contribution in [0.4, 0.5) is 5.69 Å². The number of ether oxygens (including phenoxy) is 1. The van der Waals surface area contributed by atoms with Crippen LogP contribution < -0.4 is 10.1 Å². The number of amides is 1. The van der Waals surface area contributed by atoms with Crippen molar-refractivity contribution in [1.29, 1.82) is 0 Å². The van der Waals surface area contributed by atoms with Gasteiger partial charge >= 0.3 is 5.97 Å². The van der Waals surface area contributed by atoms with Crippen LogP contribution >= 0.6 is 23.2 Å². The second kappa shape index (κ2) is 6.68. The predicted octanol–water partition coefficient (Wildman–Crippen LogP) is 3.95. The first-order valence-corrected chi connectivity index (χ1v) is 6.85. The summed E-state index contributed by atoms with van der Waals surface area (Å²) in [5.41, 5.74) is 0.215. The summed E-state index contributed by atoms with van der Waals surface area (Å²) in [4.78, 5) is 23.5. The van der Waals surface area contributed by atoms with Crippen molar-refractivity contribution in [2.45, 2.75) is 0 Å². The van der Waals surface area contributed by atoms with Gasteiger partial charge in [-0.25, -0.2) is 4.79 Å². The fourth-order valence-corrected chi connectivity index (χ4v) is 2.19. The Bertz CT molecular complexity index is 746. The molecule has 1 amide bonds.